The summed E-state index contributed by atoms with van der Waals surface area (Å²) < 4.78 is 2.44. The summed E-state index contributed by atoms with van der Waals surface area (Å²) in [7, 11) is 1.73. The topological polar surface area (TPSA) is 64.2 Å². The minimum absolute atomic E-state index is 0.0460. The molecule has 1 amide bonds. The van der Waals surface area contributed by atoms with Crippen molar-refractivity contribution in [2.45, 2.75) is 6.54 Å². The Morgan fingerprint density at radius 2 is 2.11 bits per heavy atom. The number of hydrogen-bond donors (Lipinski definition) is 1. The molecule has 0 saturated carbocycles. The highest BCUT2D eigenvalue weighted by Crippen LogP contribution is 2.15. The van der Waals surface area contributed by atoms with Gasteiger partial charge in [-0.2, -0.15) is 5.10 Å². The first-order valence-corrected chi connectivity index (χ1v) is 6.15. The summed E-state index contributed by atoms with van der Waals surface area (Å²) in [6.45, 7) is 0.201. The third-order valence-electron chi connectivity index (χ3n) is 2.55. The highest BCUT2D eigenvalue weighted by Gasteiger charge is 2.11. The Hall–Kier alpha value is -1.82. The fourth-order valence-corrected chi connectivity index (χ4v) is 1.84. The Morgan fingerprint density at radius 3 is 2.67 bits per heavy atom. The molecule has 0 spiro atoms. The van der Waals surface area contributed by atoms with E-state index in [1.807, 2.05) is 12.1 Å². The van der Waals surface area contributed by atoms with Crippen LogP contribution in [0.25, 0.3) is 0 Å². The van der Waals surface area contributed by atoms with Gasteiger partial charge < -0.3 is 10.6 Å². The summed E-state index contributed by atoms with van der Waals surface area (Å²) in [4.78, 5) is 13.6. The van der Waals surface area contributed by atoms with Gasteiger partial charge in [0.1, 0.15) is 6.54 Å². The van der Waals surface area contributed by atoms with E-state index in [2.05, 4.69) is 21.0 Å². The molecule has 1 heterocycles. The van der Waals surface area contributed by atoms with Gasteiger partial charge in [0, 0.05) is 24.6 Å². The van der Waals surface area contributed by atoms with E-state index in [0.29, 0.717) is 5.69 Å². The number of rotatable bonds is 3. The zero-order valence-electron chi connectivity index (χ0n) is 9.88. The molecule has 94 valence electrons. The van der Waals surface area contributed by atoms with E-state index in [9.17, 15) is 4.79 Å². The summed E-state index contributed by atoms with van der Waals surface area (Å²) in [5.74, 6) is -0.0460. The van der Waals surface area contributed by atoms with E-state index in [-0.39, 0.29) is 12.5 Å². The second-order valence-corrected chi connectivity index (χ2v) is 4.82. The van der Waals surface area contributed by atoms with E-state index < -0.39 is 0 Å². The molecule has 1 aromatic carbocycles. The molecular formula is C12H13BrN4O. The van der Waals surface area contributed by atoms with Crippen LogP contribution in [0.15, 0.2) is 41.1 Å². The maximum absolute atomic E-state index is 12.0. The Morgan fingerprint density at radius 1 is 1.44 bits per heavy atom. The third-order valence-corrected chi connectivity index (χ3v) is 2.96. The molecule has 0 saturated heterocycles. The predicted octanol–water partition coefficient (Wildman–Crippen LogP) is 1.89. The van der Waals surface area contributed by atoms with E-state index in [0.717, 1.165) is 10.2 Å². The maximum Gasteiger partial charge on any atom is 0.248 e. The van der Waals surface area contributed by atoms with Crippen LogP contribution in [0.1, 0.15) is 0 Å². The van der Waals surface area contributed by atoms with Crippen molar-refractivity contribution in [3.8, 4) is 0 Å². The van der Waals surface area contributed by atoms with Gasteiger partial charge >= 0.3 is 0 Å². The van der Waals surface area contributed by atoms with Gasteiger partial charge in [-0.25, -0.2) is 0 Å². The summed E-state index contributed by atoms with van der Waals surface area (Å²) >= 11 is 3.29. The highest BCUT2D eigenvalue weighted by molar-refractivity contribution is 9.10. The second kappa shape index (κ2) is 5.22. The van der Waals surface area contributed by atoms with Gasteiger partial charge in [-0.3, -0.25) is 9.48 Å². The average molecular weight is 309 g/mol. The number of nitrogens with two attached hydrogens (primary N) is 1. The number of benzene rings is 1. The van der Waals surface area contributed by atoms with Crippen molar-refractivity contribution in [3.63, 3.8) is 0 Å². The number of halogens is 1. The van der Waals surface area contributed by atoms with Gasteiger partial charge in [0.05, 0.1) is 10.7 Å². The van der Waals surface area contributed by atoms with Crippen LogP contribution >= 0.6 is 15.9 Å². The van der Waals surface area contributed by atoms with E-state index in [1.165, 1.54) is 0 Å². The molecule has 2 N–H and O–H groups in total. The summed E-state index contributed by atoms with van der Waals surface area (Å²) in [5.41, 5.74) is 7.09. The van der Waals surface area contributed by atoms with Crippen LogP contribution in [0.2, 0.25) is 0 Å². The molecule has 0 aliphatic carbocycles. The zero-order valence-corrected chi connectivity index (χ0v) is 11.5. The lowest BCUT2D eigenvalue weighted by molar-refractivity contribution is -0.119. The summed E-state index contributed by atoms with van der Waals surface area (Å²) in [6, 6.07) is 7.16. The van der Waals surface area contributed by atoms with Crippen LogP contribution < -0.4 is 10.6 Å². The minimum atomic E-state index is -0.0460. The Labute approximate surface area is 113 Å². The first-order valence-electron chi connectivity index (χ1n) is 5.36. The molecule has 0 radical (unpaired) electrons. The standard InChI is InChI=1S/C12H13BrN4O/c1-16(11-4-2-10(14)3-5-11)12(18)8-17-7-9(13)6-15-17/h2-7H,8,14H2,1H3. The number of likely N-dealkylation sites (N-methyl/N-ethyl adjacent to an activating group) is 1. The number of carbonyl (C=O) groups excluding carboxylic acids is 1. The number of anilines is 2. The van der Waals surface area contributed by atoms with Gasteiger partial charge in [-0.1, -0.05) is 0 Å². The Bertz CT molecular complexity index is 549. The number of amides is 1. The van der Waals surface area contributed by atoms with Crippen molar-refractivity contribution < 1.29 is 4.79 Å². The molecule has 2 rings (SSSR count). The Balaban J connectivity index is 2.07. The average Bonchev–Trinajstić information content (AvgIpc) is 2.75. The molecule has 0 aliphatic heterocycles. The van der Waals surface area contributed by atoms with Crippen LogP contribution in [0, 0.1) is 0 Å². The predicted molar refractivity (Wildman–Crippen MR) is 74.2 cm³/mol. The molecule has 0 aliphatic rings. The highest BCUT2D eigenvalue weighted by atomic mass is 79.9. The monoisotopic (exact) mass is 308 g/mol. The molecule has 5 nitrogen and oxygen atoms in total. The zero-order chi connectivity index (χ0) is 13.1. The van der Waals surface area contributed by atoms with Crippen LogP contribution in [0.3, 0.4) is 0 Å². The van der Waals surface area contributed by atoms with E-state index in [4.69, 9.17) is 5.73 Å². The molecular weight excluding hydrogens is 296 g/mol. The van der Waals surface area contributed by atoms with Crippen molar-refractivity contribution in [1.29, 1.82) is 0 Å². The lowest BCUT2D eigenvalue weighted by atomic mass is 10.2. The number of nitrogen functional groups attached to an aromatic ring is 1. The number of aromatic nitrogens is 2. The maximum atomic E-state index is 12.0. The smallest absolute Gasteiger partial charge is 0.248 e. The van der Waals surface area contributed by atoms with Gasteiger partial charge in [-0.05, 0) is 40.2 Å². The fraction of sp³-hybridized carbons (Fsp3) is 0.167. The summed E-state index contributed by atoms with van der Waals surface area (Å²) in [6.07, 6.45) is 3.41. The second-order valence-electron chi connectivity index (χ2n) is 3.90. The first-order chi connectivity index (χ1) is 8.56. The minimum Gasteiger partial charge on any atom is -0.399 e. The molecule has 0 fully saturated rings. The van der Waals surface area contributed by atoms with Gasteiger partial charge in [0.15, 0.2) is 0 Å². The summed E-state index contributed by atoms with van der Waals surface area (Å²) in [5, 5.41) is 4.05. The largest absolute Gasteiger partial charge is 0.399 e. The molecule has 18 heavy (non-hydrogen) atoms. The van der Waals surface area contributed by atoms with Crippen molar-refractivity contribution in [3.05, 3.63) is 41.1 Å². The third kappa shape index (κ3) is 2.89. The van der Waals surface area contributed by atoms with Crippen LogP contribution in [0.4, 0.5) is 11.4 Å². The number of nitrogens with zero attached hydrogens (tertiary/aromatic N) is 3. The van der Waals surface area contributed by atoms with Crippen LogP contribution in [-0.4, -0.2) is 22.7 Å². The fourth-order valence-electron chi connectivity index (χ4n) is 1.51. The lowest BCUT2D eigenvalue weighted by Gasteiger charge is -2.17. The molecule has 0 bridgehead atoms. The van der Waals surface area contributed by atoms with Crippen molar-refractivity contribution in [1.82, 2.24) is 9.78 Å². The molecule has 0 unspecified atom stereocenters. The van der Waals surface area contributed by atoms with Crippen LogP contribution in [-0.2, 0) is 11.3 Å². The molecule has 1 aromatic heterocycles. The number of carbonyl (C=O) groups is 1. The molecule has 2 aromatic rings. The van der Waals surface area contributed by atoms with Crippen molar-refractivity contribution in [2.75, 3.05) is 17.7 Å². The first kappa shape index (κ1) is 12.6. The van der Waals surface area contributed by atoms with Crippen LogP contribution in [0.5, 0.6) is 0 Å². The van der Waals surface area contributed by atoms with Crippen molar-refractivity contribution >= 4 is 33.2 Å². The SMILES string of the molecule is CN(C(=O)Cn1cc(Br)cn1)c1ccc(N)cc1. The number of hydrogen-bond acceptors (Lipinski definition) is 3. The van der Waals surface area contributed by atoms with Crippen molar-refractivity contribution in [2.24, 2.45) is 0 Å². The quantitative estimate of drug-likeness (QED) is 0.881. The Kier molecular flexibility index (Phi) is 3.66. The van der Waals surface area contributed by atoms with Gasteiger partial charge in [-0.15, -0.1) is 0 Å². The molecule has 6 heteroatoms. The van der Waals surface area contributed by atoms with Gasteiger partial charge in [0.2, 0.25) is 5.91 Å². The normalized spacial score (nSPS) is 10.3. The van der Waals surface area contributed by atoms with E-state index in [1.54, 1.807) is 41.2 Å². The van der Waals surface area contributed by atoms with Gasteiger partial charge in [0.25, 0.3) is 0 Å². The van der Waals surface area contributed by atoms with E-state index >= 15 is 0 Å². The lowest BCUT2D eigenvalue weighted by Crippen LogP contribution is -2.30. The molecule has 0 atom stereocenters.